The highest BCUT2D eigenvalue weighted by Crippen LogP contribution is 2.39. The van der Waals surface area contributed by atoms with E-state index in [1.807, 2.05) is 6.07 Å². The summed E-state index contributed by atoms with van der Waals surface area (Å²) in [6.07, 6.45) is 1.73. The Hall–Kier alpha value is -2.72. The van der Waals surface area contributed by atoms with Crippen LogP contribution in [0.25, 0.3) is 0 Å². The van der Waals surface area contributed by atoms with Gasteiger partial charge in [0.15, 0.2) is 9.84 Å². The quantitative estimate of drug-likeness (QED) is 0.620. The number of benzene rings is 1. The number of hydrogen-bond acceptors (Lipinski definition) is 7. The molecule has 1 aromatic heterocycles. The average Bonchev–Trinajstić information content (AvgIpc) is 3.28. The molecular weight excluding hydrogens is 440 g/mol. The molecule has 0 fully saturated rings. The number of hydrogen-bond donors (Lipinski definition) is 2. The van der Waals surface area contributed by atoms with Gasteiger partial charge in [0.2, 0.25) is 5.91 Å². The Morgan fingerprint density at radius 3 is 2.58 bits per heavy atom. The van der Waals surface area contributed by atoms with E-state index in [-0.39, 0.29) is 35.8 Å². The first-order valence-corrected chi connectivity index (χ1v) is 12.5. The van der Waals surface area contributed by atoms with Crippen LogP contribution in [-0.2, 0) is 38.0 Å². The van der Waals surface area contributed by atoms with E-state index in [1.165, 1.54) is 11.3 Å². The number of carbonyl (C=O) groups is 3. The molecule has 1 heterocycles. The van der Waals surface area contributed by atoms with Crippen molar-refractivity contribution in [2.24, 2.45) is 0 Å². The molecule has 0 spiro atoms. The number of aryl methyl sites for hydroxylation is 1. The van der Waals surface area contributed by atoms with Gasteiger partial charge in [-0.05, 0) is 36.8 Å². The van der Waals surface area contributed by atoms with Gasteiger partial charge in [-0.15, -0.1) is 11.3 Å². The monoisotopic (exact) mass is 464 g/mol. The molecule has 10 heteroatoms. The highest BCUT2D eigenvalue weighted by atomic mass is 32.2. The van der Waals surface area contributed by atoms with Gasteiger partial charge in [0, 0.05) is 11.3 Å². The summed E-state index contributed by atoms with van der Waals surface area (Å²) >= 11 is 1.32. The van der Waals surface area contributed by atoms with Crippen molar-refractivity contribution in [3.05, 3.63) is 51.9 Å². The Morgan fingerprint density at radius 1 is 1.13 bits per heavy atom. The lowest BCUT2D eigenvalue weighted by Crippen LogP contribution is -2.31. The van der Waals surface area contributed by atoms with Crippen molar-refractivity contribution < 1.29 is 27.5 Å². The minimum absolute atomic E-state index is 0.00858. The normalized spacial score (nSPS) is 12.8. The molecule has 0 saturated heterocycles. The third-order valence-corrected chi connectivity index (χ3v) is 7.78. The molecule has 0 aliphatic heterocycles. The molecule has 1 aliphatic carbocycles. The van der Waals surface area contributed by atoms with E-state index in [2.05, 4.69) is 15.4 Å². The Balaban J connectivity index is 1.59. The lowest BCUT2D eigenvalue weighted by atomic mass is 10.1. The van der Waals surface area contributed by atoms with Gasteiger partial charge in [-0.1, -0.05) is 30.3 Å². The summed E-state index contributed by atoms with van der Waals surface area (Å²) in [5, 5.41) is 5.24. The molecule has 3 amide bonds. The molecule has 2 aromatic rings. The van der Waals surface area contributed by atoms with E-state index in [0.29, 0.717) is 17.0 Å². The van der Waals surface area contributed by atoms with Gasteiger partial charge in [0.1, 0.15) is 5.00 Å². The van der Waals surface area contributed by atoms with E-state index in [0.717, 1.165) is 30.4 Å². The predicted octanol–water partition coefficient (Wildman–Crippen LogP) is 3.07. The Morgan fingerprint density at radius 2 is 1.87 bits per heavy atom. The first kappa shape index (κ1) is 23.0. The maximum Gasteiger partial charge on any atom is 0.413 e. The van der Waals surface area contributed by atoms with Crippen molar-refractivity contribution in [3.8, 4) is 0 Å². The van der Waals surface area contributed by atoms with Gasteiger partial charge in [0.25, 0.3) is 5.91 Å². The Kier molecular flexibility index (Phi) is 7.45. The van der Waals surface area contributed by atoms with Crippen molar-refractivity contribution in [3.63, 3.8) is 0 Å². The van der Waals surface area contributed by atoms with Crippen molar-refractivity contribution >= 4 is 44.1 Å². The lowest BCUT2D eigenvalue weighted by molar-refractivity contribution is -0.116. The highest BCUT2D eigenvalue weighted by Gasteiger charge is 2.28. The molecule has 8 nitrogen and oxygen atoms in total. The van der Waals surface area contributed by atoms with Crippen LogP contribution in [0, 0.1) is 0 Å². The van der Waals surface area contributed by atoms with Gasteiger partial charge in [-0.25, -0.2) is 13.2 Å². The van der Waals surface area contributed by atoms with Crippen molar-refractivity contribution in [1.29, 1.82) is 0 Å². The number of ether oxygens (including phenoxy) is 1. The number of imide groups is 1. The van der Waals surface area contributed by atoms with Crippen LogP contribution >= 0.6 is 11.3 Å². The van der Waals surface area contributed by atoms with Crippen LogP contribution in [0.4, 0.5) is 9.80 Å². The number of rotatable bonds is 8. The van der Waals surface area contributed by atoms with E-state index in [1.54, 1.807) is 24.3 Å². The predicted molar refractivity (Wildman–Crippen MR) is 118 cm³/mol. The average molecular weight is 465 g/mol. The largest absolute Gasteiger partial charge is 0.453 e. The first-order valence-electron chi connectivity index (χ1n) is 9.87. The maximum absolute atomic E-state index is 12.5. The molecule has 2 N–H and O–H groups in total. The fourth-order valence-corrected chi connectivity index (χ4v) is 6.21. The van der Waals surface area contributed by atoms with E-state index < -0.39 is 21.8 Å². The minimum atomic E-state index is -3.33. The molecule has 3 rings (SSSR count). The number of alkyl carbamates (subject to hydrolysis) is 1. The summed E-state index contributed by atoms with van der Waals surface area (Å²) in [6, 6.07) is 8.89. The van der Waals surface area contributed by atoms with Crippen molar-refractivity contribution in [2.45, 2.75) is 37.9 Å². The summed E-state index contributed by atoms with van der Waals surface area (Å²) in [7, 11) is -2.17. The van der Waals surface area contributed by atoms with E-state index in [9.17, 15) is 22.8 Å². The molecule has 1 aliphatic rings. The number of thiophene rings is 1. The summed E-state index contributed by atoms with van der Waals surface area (Å²) in [5.41, 5.74) is 1.83. The second-order valence-electron chi connectivity index (χ2n) is 7.24. The van der Waals surface area contributed by atoms with Crippen LogP contribution in [0.15, 0.2) is 30.3 Å². The summed E-state index contributed by atoms with van der Waals surface area (Å²) in [6.45, 7) is 0. The third kappa shape index (κ3) is 6.14. The topological polar surface area (TPSA) is 119 Å². The first-order chi connectivity index (χ1) is 14.8. The van der Waals surface area contributed by atoms with Gasteiger partial charge in [-0.2, -0.15) is 0 Å². The summed E-state index contributed by atoms with van der Waals surface area (Å²) in [4.78, 5) is 37.4. The second-order valence-corrected chi connectivity index (χ2v) is 10.5. The second kappa shape index (κ2) is 10.1. The molecule has 1 aromatic carbocycles. The smallest absolute Gasteiger partial charge is 0.413 e. The van der Waals surface area contributed by atoms with Gasteiger partial charge in [0.05, 0.1) is 24.2 Å². The lowest BCUT2D eigenvalue weighted by Gasteiger charge is -2.09. The molecule has 0 unspecified atom stereocenters. The summed E-state index contributed by atoms with van der Waals surface area (Å²) in [5.74, 6) is -1.16. The molecule has 166 valence electrons. The number of amides is 3. The van der Waals surface area contributed by atoms with Crippen LogP contribution in [0.1, 0.15) is 45.6 Å². The number of carbonyl (C=O) groups excluding carboxylic acids is 3. The van der Waals surface area contributed by atoms with Gasteiger partial charge >= 0.3 is 6.09 Å². The zero-order valence-corrected chi connectivity index (χ0v) is 18.7. The minimum Gasteiger partial charge on any atom is -0.453 e. The van der Waals surface area contributed by atoms with E-state index >= 15 is 0 Å². The Bertz CT molecular complexity index is 1080. The molecule has 31 heavy (non-hydrogen) atoms. The van der Waals surface area contributed by atoms with Gasteiger partial charge < -0.3 is 10.1 Å². The van der Waals surface area contributed by atoms with Crippen molar-refractivity contribution in [2.75, 3.05) is 18.2 Å². The van der Waals surface area contributed by atoms with Crippen LogP contribution in [0.3, 0.4) is 0 Å². The standard InChI is InChI=1S/C21H24N2O6S2/c1-29-21(26)23-19(25)18-15-9-5-10-16(15)30-20(18)22-17(24)11-6-12-31(27,28)13-14-7-3-2-4-8-14/h2-4,7-8H,5-6,9-13H2,1H3,(H,22,24)(H,23,25,26). The number of anilines is 1. The zero-order chi connectivity index (χ0) is 22.4. The van der Waals surface area contributed by atoms with E-state index in [4.69, 9.17) is 0 Å². The SMILES string of the molecule is COC(=O)NC(=O)c1c(NC(=O)CCCS(=O)(=O)Cc2ccccc2)sc2c1CCC2. The van der Waals surface area contributed by atoms with Crippen molar-refractivity contribution in [1.82, 2.24) is 5.32 Å². The molecular formula is C21H24N2O6S2. The maximum atomic E-state index is 12.5. The summed E-state index contributed by atoms with van der Waals surface area (Å²) < 4.78 is 29.0. The van der Waals surface area contributed by atoms with Crippen LogP contribution in [0.5, 0.6) is 0 Å². The van der Waals surface area contributed by atoms with Crippen LogP contribution in [-0.4, -0.2) is 39.2 Å². The zero-order valence-electron chi connectivity index (χ0n) is 17.1. The molecule has 0 radical (unpaired) electrons. The number of methoxy groups -OCH3 is 1. The third-order valence-electron chi connectivity index (χ3n) is 4.89. The number of sulfone groups is 1. The van der Waals surface area contributed by atoms with Crippen LogP contribution in [0.2, 0.25) is 0 Å². The molecule has 0 saturated carbocycles. The van der Waals surface area contributed by atoms with Gasteiger partial charge in [-0.3, -0.25) is 14.9 Å². The fourth-order valence-electron chi connectivity index (χ4n) is 3.48. The fraction of sp³-hybridized carbons (Fsp3) is 0.381. The Labute approximate surface area is 184 Å². The highest BCUT2D eigenvalue weighted by molar-refractivity contribution is 7.90. The molecule has 0 bridgehead atoms. The molecule has 0 atom stereocenters. The van der Waals surface area contributed by atoms with Crippen LogP contribution < -0.4 is 10.6 Å². The number of nitrogens with one attached hydrogen (secondary N) is 2. The number of fused-ring (bicyclic) bond motifs is 1.